The van der Waals surface area contributed by atoms with Crippen molar-refractivity contribution in [2.75, 3.05) is 7.11 Å². The van der Waals surface area contributed by atoms with Gasteiger partial charge in [-0.25, -0.2) is 14.2 Å². The zero-order chi connectivity index (χ0) is 24.3. The number of nitrogens with zero attached hydrogens (tertiary/aromatic N) is 1. The quantitative estimate of drug-likeness (QED) is 0.265. The van der Waals surface area contributed by atoms with Gasteiger partial charge in [0.25, 0.3) is 0 Å². The van der Waals surface area contributed by atoms with Gasteiger partial charge in [0.2, 0.25) is 8.03 Å². The number of aliphatic hydroxyl groups excluding tert-OH is 1. The lowest BCUT2D eigenvalue weighted by atomic mass is 9.95. The fourth-order valence-corrected chi connectivity index (χ4v) is 4.78. The molecular weight excluding hydrogens is 444 g/mol. The predicted octanol–water partition coefficient (Wildman–Crippen LogP) is 5.50. The van der Waals surface area contributed by atoms with Gasteiger partial charge in [-0.05, 0) is 36.6 Å². The zero-order valence-electron chi connectivity index (χ0n) is 19.0. The Kier molecular flexibility index (Phi) is 7.48. The molecule has 1 N–H and O–H groups in total. The highest BCUT2D eigenvalue weighted by atomic mass is 31.1. The fraction of sp³-hybridized carbons (Fsp3) is 0.280. The highest BCUT2D eigenvalue weighted by Gasteiger charge is 2.49. The number of carbonyl (C=O) groups excluding carboxylic acids is 1. The van der Waals surface area contributed by atoms with Crippen molar-refractivity contribution in [3.63, 3.8) is 0 Å². The van der Waals surface area contributed by atoms with Crippen molar-refractivity contribution in [3.05, 3.63) is 72.7 Å². The van der Waals surface area contributed by atoms with Crippen molar-refractivity contribution in [1.82, 2.24) is 4.98 Å². The SMILES string of the molecule is C=CC(C(=O)Oc1c(C(C)C)nc2ccccc2c1-c1ccc(F)cc1)(C(C)O)[PH](=O)OC. The average Bonchev–Trinajstić information content (AvgIpc) is 2.79. The number of para-hydroxylation sites is 1. The van der Waals surface area contributed by atoms with Crippen molar-refractivity contribution in [2.24, 2.45) is 0 Å². The molecule has 0 amide bonds. The molecule has 174 valence electrons. The molecule has 8 heteroatoms. The van der Waals surface area contributed by atoms with Crippen molar-refractivity contribution >= 4 is 24.9 Å². The summed E-state index contributed by atoms with van der Waals surface area (Å²) < 4.78 is 37.3. The molecule has 3 atom stereocenters. The summed E-state index contributed by atoms with van der Waals surface area (Å²) in [6.45, 7) is 8.74. The third-order valence-electron chi connectivity index (χ3n) is 5.59. The van der Waals surface area contributed by atoms with Crippen LogP contribution in [0.15, 0.2) is 61.2 Å². The summed E-state index contributed by atoms with van der Waals surface area (Å²) in [5, 5.41) is 9.13. The van der Waals surface area contributed by atoms with Crippen LogP contribution in [0.3, 0.4) is 0 Å². The monoisotopic (exact) mass is 471 g/mol. The van der Waals surface area contributed by atoms with Gasteiger partial charge in [-0.2, -0.15) is 0 Å². The Bertz CT molecular complexity index is 1210. The molecule has 0 radical (unpaired) electrons. The zero-order valence-corrected chi connectivity index (χ0v) is 20.0. The Hall–Kier alpha value is -2.86. The topological polar surface area (TPSA) is 85.7 Å². The van der Waals surface area contributed by atoms with E-state index in [1.165, 1.54) is 26.2 Å². The number of hydrogen-bond donors (Lipinski definition) is 1. The number of halogens is 1. The van der Waals surface area contributed by atoms with Gasteiger partial charge >= 0.3 is 5.97 Å². The van der Waals surface area contributed by atoms with E-state index < -0.39 is 31.1 Å². The van der Waals surface area contributed by atoms with Gasteiger partial charge in [-0.1, -0.05) is 50.3 Å². The highest BCUT2D eigenvalue weighted by Crippen LogP contribution is 2.47. The van der Waals surface area contributed by atoms with Crippen molar-refractivity contribution in [2.45, 2.75) is 37.9 Å². The molecule has 0 spiro atoms. The summed E-state index contributed by atoms with van der Waals surface area (Å²) >= 11 is 0. The molecule has 6 nitrogen and oxygen atoms in total. The van der Waals surface area contributed by atoms with Crippen LogP contribution in [0.4, 0.5) is 4.39 Å². The van der Waals surface area contributed by atoms with E-state index in [1.54, 1.807) is 12.1 Å². The largest absolute Gasteiger partial charge is 0.423 e. The van der Waals surface area contributed by atoms with Crippen LogP contribution in [0.5, 0.6) is 5.75 Å². The summed E-state index contributed by atoms with van der Waals surface area (Å²) in [6.07, 6.45) is -0.287. The molecule has 33 heavy (non-hydrogen) atoms. The lowest BCUT2D eigenvalue weighted by Gasteiger charge is -2.30. The minimum atomic E-state index is -3.11. The van der Waals surface area contributed by atoms with Gasteiger partial charge in [0, 0.05) is 18.1 Å². The van der Waals surface area contributed by atoms with Gasteiger partial charge in [0.15, 0.2) is 10.9 Å². The second-order valence-corrected chi connectivity index (χ2v) is 9.82. The molecule has 0 aliphatic heterocycles. The number of carbonyl (C=O) groups is 1. The second-order valence-electron chi connectivity index (χ2n) is 8.01. The van der Waals surface area contributed by atoms with Gasteiger partial charge in [0.1, 0.15) is 5.82 Å². The molecule has 0 saturated carbocycles. The number of rotatable bonds is 8. The second kappa shape index (κ2) is 9.96. The van der Waals surface area contributed by atoms with Crippen molar-refractivity contribution < 1.29 is 28.1 Å². The summed E-state index contributed by atoms with van der Waals surface area (Å²) in [6, 6.07) is 13.2. The Balaban J connectivity index is 2.33. The van der Waals surface area contributed by atoms with Crippen LogP contribution in [0.25, 0.3) is 22.0 Å². The molecular formula is C25H27FNO5P. The van der Waals surface area contributed by atoms with E-state index in [2.05, 4.69) is 6.58 Å². The first kappa shape index (κ1) is 24.8. The third-order valence-corrected chi connectivity index (χ3v) is 7.46. The summed E-state index contributed by atoms with van der Waals surface area (Å²) in [5.74, 6) is -1.38. The van der Waals surface area contributed by atoms with Gasteiger partial charge in [0.05, 0.1) is 17.3 Å². The van der Waals surface area contributed by atoms with Crippen LogP contribution in [-0.4, -0.2) is 34.4 Å². The Morgan fingerprint density at radius 3 is 2.36 bits per heavy atom. The summed E-state index contributed by atoms with van der Waals surface area (Å²) in [5.41, 5.74) is 2.32. The average molecular weight is 471 g/mol. The van der Waals surface area contributed by atoms with E-state index in [9.17, 15) is 18.9 Å². The van der Waals surface area contributed by atoms with E-state index in [-0.39, 0.29) is 11.7 Å². The van der Waals surface area contributed by atoms with Gasteiger partial charge in [-0.3, -0.25) is 4.57 Å². The van der Waals surface area contributed by atoms with Gasteiger partial charge < -0.3 is 14.4 Å². The molecule has 0 fully saturated rings. The maximum absolute atomic E-state index is 13.7. The van der Waals surface area contributed by atoms with Crippen LogP contribution in [0.1, 0.15) is 32.4 Å². The smallest absolute Gasteiger partial charge is 0.333 e. The van der Waals surface area contributed by atoms with E-state index >= 15 is 0 Å². The molecule has 0 saturated heterocycles. The molecule has 3 aromatic rings. The van der Waals surface area contributed by atoms with E-state index in [0.717, 1.165) is 6.08 Å². The van der Waals surface area contributed by atoms with E-state index in [1.807, 2.05) is 38.1 Å². The lowest BCUT2D eigenvalue weighted by molar-refractivity contribution is -0.138. The number of ether oxygens (including phenoxy) is 1. The summed E-state index contributed by atoms with van der Waals surface area (Å²) in [7, 11) is -1.92. The molecule has 3 unspecified atom stereocenters. The maximum Gasteiger partial charge on any atom is 0.333 e. The van der Waals surface area contributed by atoms with Crippen LogP contribution in [0.2, 0.25) is 0 Å². The van der Waals surface area contributed by atoms with Crippen LogP contribution in [0, 0.1) is 5.82 Å². The molecule has 3 rings (SSSR count). The Morgan fingerprint density at radius 1 is 1.18 bits per heavy atom. The summed E-state index contributed by atoms with van der Waals surface area (Å²) in [4.78, 5) is 18.2. The number of aliphatic hydroxyl groups is 1. The molecule has 0 bridgehead atoms. The van der Waals surface area contributed by atoms with E-state index in [4.69, 9.17) is 14.2 Å². The maximum atomic E-state index is 13.7. The number of benzene rings is 2. The van der Waals surface area contributed by atoms with Gasteiger partial charge in [-0.15, -0.1) is 6.58 Å². The minimum Gasteiger partial charge on any atom is -0.423 e. The minimum absolute atomic E-state index is 0.151. The fourth-order valence-electron chi connectivity index (χ4n) is 3.72. The van der Waals surface area contributed by atoms with Crippen molar-refractivity contribution in [1.29, 1.82) is 0 Å². The third kappa shape index (κ3) is 4.49. The first-order valence-corrected chi connectivity index (χ1v) is 11.8. The van der Waals surface area contributed by atoms with Crippen LogP contribution >= 0.6 is 8.03 Å². The number of fused-ring (bicyclic) bond motifs is 1. The first-order chi connectivity index (χ1) is 15.7. The molecule has 0 aliphatic carbocycles. The number of esters is 1. The lowest BCUT2D eigenvalue weighted by Crippen LogP contribution is -2.46. The number of hydrogen-bond acceptors (Lipinski definition) is 6. The van der Waals surface area contributed by atoms with E-state index in [0.29, 0.717) is 27.7 Å². The van der Waals surface area contributed by atoms with Crippen molar-refractivity contribution in [3.8, 4) is 16.9 Å². The standard InChI is InChI=1S/C25H27FNO5P/c1-6-25(16(4)28,33(30)31-5)24(29)32-23-21(17-11-13-18(26)14-12-17)19-9-7-8-10-20(19)27-22(23)15(2)3/h6-16,28,33H,1H2,2-5H3. The van der Waals surface area contributed by atoms with Crippen LogP contribution in [-0.2, 0) is 13.9 Å². The number of aromatic nitrogens is 1. The Morgan fingerprint density at radius 2 is 1.82 bits per heavy atom. The van der Waals surface area contributed by atoms with Crippen LogP contribution < -0.4 is 4.74 Å². The molecule has 2 aromatic carbocycles. The molecule has 1 aromatic heterocycles. The molecule has 1 heterocycles. The number of pyridine rings is 1. The first-order valence-electron chi connectivity index (χ1n) is 10.5. The molecule has 0 aliphatic rings. The predicted molar refractivity (Wildman–Crippen MR) is 127 cm³/mol. The Labute approximate surface area is 192 Å². The normalized spacial score (nSPS) is 15.1. The highest BCUT2D eigenvalue weighted by molar-refractivity contribution is 7.43.